The zero-order valence-electron chi connectivity index (χ0n) is 11.3. The molecule has 104 valence electrons. The fourth-order valence-electron chi connectivity index (χ4n) is 2.40. The Labute approximate surface area is 132 Å². The SMILES string of the molecule is Nc1c(-c2ccccc2)cc(O)c(Br)c1-c1ccccc1. The van der Waals surface area contributed by atoms with Gasteiger partial charge in [0.1, 0.15) is 5.75 Å². The summed E-state index contributed by atoms with van der Waals surface area (Å²) in [7, 11) is 0. The molecule has 0 spiro atoms. The molecule has 0 saturated carbocycles. The van der Waals surface area contributed by atoms with Crippen LogP contribution in [0.15, 0.2) is 71.2 Å². The lowest BCUT2D eigenvalue weighted by molar-refractivity contribution is 0.472. The zero-order chi connectivity index (χ0) is 14.8. The first-order chi connectivity index (χ1) is 10.2. The van der Waals surface area contributed by atoms with Crippen molar-refractivity contribution in [2.75, 3.05) is 5.73 Å². The van der Waals surface area contributed by atoms with Crippen molar-refractivity contribution < 1.29 is 5.11 Å². The first kappa shape index (κ1) is 13.7. The molecule has 0 fully saturated rings. The molecule has 3 heteroatoms. The van der Waals surface area contributed by atoms with Crippen molar-refractivity contribution in [1.82, 2.24) is 0 Å². The first-order valence-corrected chi connectivity index (χ1v) is 7.39. The quantitative estimate of drug-likeness (QED) is 0.505. The number of phenolic OH excluding ortho intramolecular Hbond substituents is 1. The molecule has 3 rings (SSSR count). The van der Waals surface area contributed by atoms with Crippen molar-refractivity contribution in [2.24, 2.45) is 0 Å². The van der Waals surface area contributed by atoms with Crippen LogP contribution in [0.5, 0.6) is 5.75 Å². The lowest BCUT2D eigenvalue weighted by Gasteiger charge is -2.15. The summed E-state index contributed by atoms with van der Waals surface area (Å²) < 4.78 is 0.617. The van der Waals surface area contributed by atoms with E-state index < -0.39 is 0 Å². The average molecular weight is 340 g/mol. The minimum absolute atomic E-state index is 0.182. The Morgan fingerprint density at radius 2 is 1.33 bits per heavy atom. The van der Waals surface area contributed by atoms with Gasteiger partial charge in [-0.15, -0.1) is 0 Å². The second-order valence-electron chi connectivity index (χ2n) is 4.78. The summed E-state index contributed by atoms with van der Waals surface area (Å²) in [4.78, 5) is 0. The fraction of sp³-hybridized carbons (Fsp3) is 0. The molecule has 3 aromatic carbocycles. The summed E-state index contributed by atoms with van der Waals surface area (Å²) in [6.45, 7) is 0. The summed E-state index contributed by atoms with van der Waals surface area (Å²) in [5.41, 5.74) is 10.6. The minimum atomic E-state index is 0.182. The third-order valence-corrected chi connectivity index (χ3v) is 4.23. The van der Waals surface area contributed by atoms with E-state index in [1.165, 1.54) is 0 Å². The van der Waals surface area contributed by atoms with Gasteiger partial charge in [0.05, 0.1) is 4.47 Å². The van der Waals surface area contributed by atoms with Crippen molar-refractivity contribution in [1.29, 1.82) is 0 Å². The van der Waals surface area contributed by atoms with Crippen LogP contribution in [0.25, 0.3) is 22.3 Å². The normalized spacial score (nSPS) is 10.5. The Bertz CT molecular complexity index is 770. The maximum atomic E-state index is 10.2. The molecule has 0 radical (unpaired) electrons. The van der Waals surface area contributed by atoms with Gasteiger partial charge in [0.15, 0.2) is 0 Å². The summed E-state index contributed by atoms with van der Waals surface area (Å²) >= 11 is 3.44. The number of halogens is 1. The monoisotopic (exact) mass is 339 g/mol. The molecule has 0 aromatic heterocycles. The van der Waals surface area contributed by atoms with E-state index in [0.29, 0.717) is 10.2 Å². The molecule has 0 aliphatic heterocycles. The van der Waals surface area contributed by atoms with Crippen molar-refractivity contribution in [2.45, 2.75) is 0 Å². The number of nitrogen functional groups attached to an aromatic ring is 1. The van der Waals surface area contributed by atoms with Crippen LogP contribution in [-0.4, -0.2) is 5.11 Å². The van der Waals surface area contributed by atoms with Gasteiger partial charge in [-0.2, -0.15) is 0 Å². The predicted molar refractivity (Wildman–Crippen MR) is 91.1 cm³/mol. The maximum Gasteiger partial charge on any atom is 0.131 e. The van der Waals surface area contributed by atoms with Crippen LogP contribution in [0.4, 0.5) is 5.69 Å². The highest BCUT2D eigenvalue weighted by atomic mass is 79.9. The summed E-state index contributed by atoms with van der Waals surface area (Å²) in [5.74, 6) is 0.182. The molecule has 2 nitrogen and oxygen atoms in total. The highest BCUT2D eigenvalue weighted by molar-refractivity contribution is 9.10. The van der Waals surface area contributed by atoms with E-state index in [-0.39, 0.29) is 5.75 Å². The number of nitrogens with two attached hydrogens (primary N) is 1. The third kappa shape index (κ3) is 2.52. The number of benzene rings is 3. The molecule has 0 amide bonds. The van der Waals surface area contributed by atoms with Gasteiger partial charge in [-0.3, -0.25) is 0 Å². The highest BCUT2D eigenvalue weighted by Crippen LogP contribution is 2.44. The molecule has 0 unspecified atom stereocenters. The van der Waals surface area contributed by atoms with E-state index >= 15 is 0 Å². The summed E-state index contributed by atoms with van der Waals surface area (Å²) in [5, 5.41) is 10.2. The van der Waals surface area contributed by atoms with Crippen LogP contribution in [0.1, 0.15) is 0 Å². The molecular weight excluding hydrogens is 326 g/mol. The van der Waals surface area contributed by atoms with Crippen molar-refractivity contribution in [3.05, 3.63) is 71.2 Å². The molecular formula is C18H14BrNO. The molecule has 21 heavy (non-hydrogen) atoms. The van der Waals surface area contributed by atoms with Crippen molar-refractivity contribution in [3.63, 3.8) is 0 Å². The average Bonchev–Trinajstić information content (AvgIpc) is 2.53. The molecule has 0 saturated heterocycles. The van der Waals surface area contributed by atoms with Gasteiger partial charge in [-0.25, -0.2) is 0 Å². The summed E-state index contributed by atoms with van der Waals surface area (Å²) in [6.07, 6.45) is 0. The molecule has 0 bridgehead atoms. The van der Waals surface area contributed by atoms with E-state index in [9.17, 15) is 5.11 Å². The van der Waals surface area contributed by atoms with E-state index in [2.05, 4.69) is 15.9 Å². The van der Waals surface area contributed by atoms with Gasteiger partial charge in [0.2, 0.25) is 0 Å². The standard InChI is InChI=1S/C18H14BrNO/c19-17-15(21)11-14(12-7-3-1-4-8-12)18(20)16(17)13-9-5-2-6-10-13/h1-11,21H,20H2. The number of phenols is 1. The molecule has 0 aliphatic carbocycles. The van der Waals surface area contributed by atoms with E-state index in [0.717, 1.165) is 22.3 Å². The number of hydrogen-bond donors (Lipinski definition) is 2. The zero-order valence-corrected chi connectivity index (χ0v) is 12.8. The minimum Gasteiger partial charge on any atom is -0.507 e. The second-order valence-corrected chi connectivity index (χ2v) is 5.57. The van der Waals surface area contributed by atoms with Gasteiger partial charge in [-0.1, -0.05) is 60.7 Å². The highest BCUT2D eigenvalue weighted by Gasteiger charge is 2.16. The van der Waals surface area contributed by atoms with Crippen LogP contribution < -0.4 is 5.73 Å². The number of aromatic hydroxyl groups is 1. The van der Waals surface area contributed by atoms with Crippen molar-refractivity contribution in [3.8, 4) is 28.0 Å². The Balaban J connectivity index is 2.29. The Kier molecular flexibility index (Phi) is 3.67. The Hall–Kier alpha value is -2.26. The first-order valence-electron chi connectivity index (χ1n) is 6.60. The number of rotatable bonds is 2. The molecule has 0 aliphatic rings. The van der Waals surface area contributed by atoms with Gasteiger partial charge in [-0.05, 0) is 33.1 Å². The fourth-order valence-corrected chi connectivity index (χ4v) is 2.96. The van der Waals surface area contributed by atoms with Crippen LogP contribution in [-0.2, 0) is 0 Å². The lowest BCUT2D eigenvalue weighted by atomic mass is 9.96. The second kappa shape index (κ2) is 5.62. The molecule has 0 heterocycles. The lowest BCUT2D eigenvalue weighted by Crippen LogP contribution is -1.96. The van der Waals surface area contributed by atoms with Crippen molar-refractivity contribution >= 4 is 21.6 Å². The van der Waals surface area contributed by atoms with Crippen LogP contribution in [0.3, 0.4) is 0 Å². The molecule has 3 aromatic rings. The van der Waals surface area contributed by atoms with Crippen LogP contribution >= 0.6 is 15.9 Å². The van der Waals surface area contributed by atoms with E-state index in [1.54, 1.807) is 6.07 Å². The van der Waals surface area contributed by atoms with E-state index in [4.69, 9.17) is 5.73 Å². The molecule has 0 atom stereocenters. The Morgan fingerprint density at radius 1 is 0.810 bits per heavy atom. The van der Waals surface area contributed by atoms with E-state index in [1.807, 2.05) is 60.7 Å². The smallest absolute Gasteiger partial charge is 0.131 e. The van der Waals surface area contributed by atoms with Gasteiger partial charge in [0, 0.05) is 16.8 Å². The number of hydrogen-bond acceptors (Lipinski definition) is 2. The van der Waals surface area contributed by atoms with Crippen LogP contribution in [0, 0.1) is 0 Å². The summed E-state index contributed by atoms with van der Waals surface area (Å²) in [6, 6.07) is 21.3. The molecule has 3 N–H and O–H groups in total. The largest absolute Gasteiger partial charge is 0.507 e. The predicted octanol–water partition coefficient (Wildman–Crippen LogP) is 5.07. The number of anilines is 1. The third-order valence-electron chi connectivity index (χ3n) is 3.43. The van der Waals surface area contributed by atoms with Gasteiger partial charge >= 0.3 is 0 Å². The van der Waals surface area contributed by atoms with Gasteiger partial charge in [0.25, 0.3) is 0 Å². The van der Waals surface area contributed by atoms with Gasteiger partial charge < -0.3 is 10.8 Å². The maximum absolute atomic E-state index is 10.2. The van der Waals surface area contributed by atoms with Crippen LogP contribution in [0.2, 0.25) is 0 Å². The Morgan fingerprint density at radius 3 is 1.90 bits per heavy atom. The topological polar surface area (TPSA) is 46.2 Å².